The number of esters is 1. The molecule has 0 radical (unpaired) electrons. The van der Waals surface area contributed by atoms with Crippen molar-refractivity contribution in [3.05, 3.63) is 0 Å². The standard InChI is InChI=1S/C67H133NO5/c1-3-5-7-9-11-13-15-17-19-21-29-33-37-41-45-49-53-57-61-67(72)73-62-58-54-50-46-42-38-34-30-26-24-22-23-25-28-32-36-40-44-48-52-56-60-66(71)68-64(63-69)65(70)59-55-51-47-43-39-35-31-27-20-18-16-14-12-10-8-6-4-2/h64-65,69-70H,3-63H2,1-2H3,(H,68,71). The minimum absolute atomic E-state index is 0.0178. The maximum Gasteiger partial charge on any atom is 0.305 e. The predicted molar refractivity (Wildman–Crippen MR) is 320 cm³/mol. The zero-order valence-electron chi connectivity index (χ0n) is 49.9. The molecule has 0 aromatic carbocycles. The lowest BCUT2D eigenvalue weighted by Gasteiger charge is -2.22. The summed E-state index contributed by atoms with van der Waals surface area (Å²) in [4.78, 5) is 24.6. The highest BCUT2D eigenvalue weighted by atomic mass is 16.5. The maximum atomic E-state index is 12.5. The average molecular weight is 1030 g/mol. The topological polar surface area (TPSA) is 95.9 Å². The van der Waals surface area contributed by atoms with Crippen molar-refractivity contribution in [1.29, 1.82) is 0 Å². The Morgan fingerprint density at radius 1 is 0.329 bits per heavy atom. The van der Waals surface area contributed by atoms with Crippen LogP contribution in [0, 0.1) is 0 Å². The number of hydrogen-bond donors (Lipinski definition) is 3. The summed E-state index contributed by atoms with van der Waals surface area (Å²) in [6, 6.07) is -0.541. The molecule has 0 aliphatic carbocycles. The lowest BCUT2D eigenvalue weighted by molar-refractivity contribution is -0.143. The van der Waals surface area contributed by atoms with E-state index in [1.807, 2.05) is 0 Å². The normalized spacial score (nSPS) is 12.4. The SMILES string of the molecule is CCCCCCCCCCCCCCCCCCCCC(=O)OCCCCCCCCCCCCCCCCCCCCCCCC(=O)NC(CO)C(O)CCCCCCCCCCCCCCCCCCC. The molecule has 0 aliphatic rings. The van der Waals surface area contributed by atoms with Crippen LogP contribution < -0.4 is 5.32 Å². The molecular weight excluding hydrogens is 899 g/mol. The molecule has 6 heteroatoms. The molecule has 3 N–H and O–H groups in total. The monoisotopic (exact) mass is 1030 g/mol. The van der Waals surface area contributed by atoms with Crippen LogP contribution in [0.3, 0.4) is 0 Å². The first-order valence-corrected chi connectivity index (χ1v) is 33.8. The zero-order valence-corrected chi connectivity index (χ0v) is 49.9. The predicted octanol–water partition coefficient (Wildman–Crippen LogP) is 21.4. The van der Waals surface area contributed by atoms with Gasteiger partial charge in [-0.25, -0.2) is 0 Å². The van der Waals surface area contributed by atoms with E-state index in [1.165, 1.54) is 321 Å². The van der Waals surface area contributed by atoms with Gasteiger partial charge >= 0.3 is 5.97 Å². The molecule has 0 bridgehead atoms. The number of nitrogens with one attached hydrogen (secondary N) is 1. The van der Waals surface area contributed by atoms with Crippen molar-refractivity contribution in [2.45, 2.75) is 405 Å². The Kier molecular flexibility index (Phi) is 62.4. The van der Waals surface area contributed by atoms with Crippen LogP contribution in [0.4, 0.5) is 0 Å². The van der Waals surface area contributed by atoms with Crippen LogP contribution in [0.2, 0.25) is 0 Å². The van der Waals surface area contributed by atoms with Crippen LogP contribution in [0.15, 0.2) is 0 Å². The highest BCUT2D eigenvalue weighted by Gasteiger charge is 2.20. The number of aliphatic hydroxyl groups excluding tert-OH is 2. The van der Waals surface area contributed by atoms with Crippen molar-refractivity contribution < 1.29 is 24.5 Å². The fourth-order valence-electron chi connectivity index (χ4n) is 11.0. The number of rotatable bonds is 64. The summed E-state index contributed by atoms with van der Waals surface area (Å²) in [5, 5.41) is 23.4. The van der Waals surface area contributed by atoms with Gasteiger partial charge in [0.1, 0.15) is 0 Å². The zero-order chi connectivity index (χ0) is 52.9. The quantitative estimate of drug-likeness (QED) is 0.0417. The molecule has 0 fully saturated rings. The second-order valence-electron chi connectivity index (χ2n) is 23.5. The Morgan fingerprint density at radius 2 is 0.562 bits per heavy atom. The van der Waals surface area contributed by atoms with Gasteiger partial charge in [0.25, 0.3) is 0 Å². The average Bonchev–Trinajstić information content (AvgIpc) is 3.39. The second kappa shape index (κ2) is 63.4. The van der Waals surface area contributed by atoms with Gasteiger partial charge in [-0.15, -0.1) is 0 Å². The van der Waals surface area contributed by atoms with E-state index < -0.39 is 12.1 Å². The summed E-state index contributed by atoms with van der Waals surface area (Å²) in [5.41, 5.74) is 0. The Hall–Kier alpha value is -1.14. The van der Waals surface area contributed by atoms with E-state index in [1.54, 1.807) is 0 Å². The molecule has 0 aromatic rings. The van der Waals surface area contributed by atoms with Gasteiger partial charge in [-0.2, -0.15) is 0 Å². The van der Waals surface area contributed by atoms with Crippen LogP contribution in [0.25, 0.3) is 0 Å². The van der Waals surface area contributed by atoms with Gasteiger partial charge in [0.2, 0.25) is 5.91 Å². The highest BCUT2D eigenvalue weighted by Crippen LogP contribution is 2.19. The molecular formula is C67H133NO5. The molecule has 0 rings (SSSR count). The van der Waals surface area contributed by atoms with Crippen molar-refractivity contribution in [2.75, 3.05) is 13.2 Å². The summed E-state index contributed by atoms with van der Waals surface area (Å²) in [5.74, 6) is -0.0138. The Balaban J connectivity index is 3.35. The van der Waals surface area contributed by atoms with E-state index in [9.17, 15) is 19.8 Å². The van der Waals surface area contributed by atoms with E-state index in [2.05, 4.69) is 19.2 Å². The van der Waals surface area contributed by atoms with Crippen LogP contribution in [-0.2, 0) is 14.3 Å². The number of aliphatic hydroxyl groups is 2. The third-order valence-electron chi connectivity index (χ3n) is 16.2. The maximum absolute atomic E-state index is 12.5. The van der Waals surface area contributed by atoms with Crippen LogP contribution >= 0.6 is 0 Å². The third-order valence-corrected chi connectivity index (χ3v) is 16.2. The molecule has 0 spiro atoms. The summed E-state index contributed by atoms with van der Waals surface area (Å²) < 4.78 is 5.51. The van der Waals surface area contributed by atoms with Crippen molar-refractivity contribution in [3.63, 3.8) is 0 Å². The first kappa shape index (κ1) is 71.9. The number of carbonyl (C=O) groups is 2. The van der Waals surface area contributed by atoms with E-state index in [4.69, 9.17) is 4.74 Å². The van der Waals surface area contributed by atoms with E-state index in [0.717, 1.165) is 38.5 Å². The summed E-state index contributed by atoms with van der Waals surface area (Å²) in [6.07, 6.45) is 75.6. The van der Waals surface area contributed by atoms with Gasteiger partial charge in [0.05, 0.1) is 25.4 Å². The number of ether oxygens (including phenoxy) is 1. The molecule has 0 saturated carbocycles. The first-order valence-electron chi connectivity index (χ1n) is 33.8. The smallest absolute Gasteiger partial charge is 0.305 e. The van der Waals surface area contributed by atoms with Gasteiger partial charge in [-0.05, 0) is 25.7 Å². The van der Waals surface area contributed by atoms with Gasteiger partial charge in [-0.3, -0.25) is 9.59 Å². The number of unbranched alkanes of at least 4 members (excludes halogenated alkanes) is 53. The minimum Gasteiger partial charge on any atom is -0.466 e. The molecule has 6 nitrogen and oxygen atoms in total. The van der Waals surface area contributed by atoms with Crippen molar-refractivity contribution in [3.8, 4) is 0 Å². The third kappa shape index (κ3) is 60.0. The fourth-order valence-corrected chi connectivity index (χ4v) is 11.0. The van der Waals surface area contributed by atoms with Crippen LogP contribution in [-0.4, -0.2) is 47.4 Å². The lowest BCUT2D eigenvalue weighted by Crippen LogP contribution is -2.45. The Bertz CT molecular complexity index is 1050. The Morgan fingerprint density at radius 3 is 0.836 bits per heavy atom. The summed E-state index contributed by atoms with van der Waals surface area (Å²) >= 11 is 0. The molecule has 0 heterocycles. The Labute approximate surface area is 457 Å². The molecule has 0 saturated heterocycles. The van der Waals surface area contributed by atoms with Gasteiger partial charge < -0.3 is 20.3 Å². The minimum atomic E-state index is -0.664. The van der Waals surface area contributed by atoms with Gasteiger partial charge in [0, 0.05) is 12.8 Å². The first-order chi connectivity index (χ1) is 36.0. The fraction of sp³-hybridized carbons (Fsp3) is 0.970. The van der Waals surface area contributed by atoms with Crippen LogP contribution in [0.1, 0.15) is 393 Å². The van der Waals surface area contributed by atoms with Gasteiger partial charge in [-0.1, -0.05) is 354 Å². The summed E-state index contributed by atoms with van der Waals surface area (Å²) in [7, 11) is 0. The molecule has 2 unspecified atom stereocenters. The number of carbonyl (C=O) groups excluding carboxylic acids is 2. The van der Waals surface area contributed by atoms with Crippen molar-refractivity contribution >= 4 is 11.9 Å². The summed E-state index contributed by atoms with van der Waals surface area (Å²) in [6.45, 7) is 5.00. The number of hydrogen-bond acceptors (Lipinski definition) is 5. The molecule has 0 aromatic heterocycles. The highest BCUT2D eigenvalue weighted by molar-refractivity contribution is 5.76. The van der Waals surface area contributed by atoms with Gasteiger partial charge in [0.15, 0.2) is 0 Å². The molecule has 1 amide bonds. The molecule has 73 heavy (non-hydrogen) atoms. The van der Waals surface area contributed by atoms with Crippen molar-refractivity contribution in [2.24, 2.45) is 0 Å². The second-order valence-corrected chi connectivity index (χ2v) is 23.5. The molecule has 0 aliphatic heterocycles. The largest absolute Gasteiger partial charge is 0.466 e. The lowest BCUT2D eigenvalue weighted by atomic mass is 10.0. The van der Waals surface area contributed by atoms with E-state index >= 15 is 0 Å². The number of amides is 1. The van der Waals surface area contributed by atoms with E-state index in [0.29, 0.717) is 25.9 Å². The molecule has 436 valence electrons. The molecule has 2 atom stereocenters. The van der Waals surface area contributed by atoms with Crippen molar-refractivity contribution in [1.82, 2.24) is 5.32 Å². The van der Waals surface area contributed by atoms with Crippen LogP contribution in [0.5, 0.6) is 0 Å². The van der Waals surface area contributed by atoms with E-state index in [-0.39, 0.29) is 18.5 Å².